The number of nitrogens with one attached hydrogen (secondary N) is 1. The first kappa shape index (κ1) is 13.6. The lowest BCUT2D eigenvalue weighted by molar-refractivity contribution is 0.683. The molecule has 1 nitrogen and oxygen atoms in total. The van der Waals surface area contributed by atoms with E-state index in [-0.39, 0.29) is 6.04 Å². The van der Waals surface area contributed by atoms with Crippen LogP contribution in [0.15, 0.2) is 42.5 Å². The lowest BCUT2D eigenvalue weighted by atomic mass is 9.93. The third kappa shape index (κ3) is 2.59. The van der Waals surface area contributed by atoms with Gasteiger partial charge in [0.1, 0.15) is 0 Å². The zero-order chi connectivity index (χ0) is 13.1. The molecule has 0 bridgehead atoms. The molecular formula is C16H18IN. The molecule has 94 valence electrons. The van der Waals surface area contributed by atoms with Gasteiger partial charge < -0.3 is 5.32 Å². The molecule has 0 aromatic heterocycles. The number of rotatable bonds is 3. The first-order valence-electron chi connectivity index (χ1n) is 6.13. The molecule has 0 aliphatic rings. The summed E-state index contributed by atoms with van der Waals surface area (Å²) in [6.07, 6.45) is 0. The first-order valence-corrected chi connectivity index (χ1v) is 7.21. The van der Waals surface area contributed by atoms with E-state index in [0.29, 0.717) is 0 Å². The maximum absolute atomic E-state index is 3.44. The van der Waals surface area contributed by atoms with Gasteiger partial charge in [-0.1, -0.05) is 36.4 Å². The van der Waals surface area contributed by atoms with Gasteiger partial charge in [-0.05, 0) is 71.8 Å². The zero-order valence-electron chi connectivity index (χ0n) is 11.0. The van der Waals surface area contributed by atoms with Crippen LogP contribution >= 0.6 is 22.6 Å². The molecule has 1 atom stereocenters. The highest BCUT2D eigenvalue weighted by atomic mass is 127. The largest absolute Gasteiger partial charge is 0.309 e. The average molecular weight is 351 g/mol. The summed E-state index contributed by atoms with van der Waals surface area (Å²) < 4.78 is 1.30. The van der Waals surface area contributed by atoms with Crippen molar-refractivity contribution in [3.05, 3.63) is 68.3 Å². The molecule has 2 aromatic rings. The number of hydrogen-bond donors (Lipinski definition) is 1. The fourth-order valence-corrected chi connectivity index (χ4v) is 2.97. The molecule has 0 aliphatic carbocycles. The van der Waals surface area contributed by atoms with E-state index in [2.05, 4.69) is 84.2 Å². The first-order chi connectivity index (χ1) is 8.65. The number of hydrogen-bond acceptors (Lipinski definition) is 1. The van der Waals surface area contributed by atoms with Crippen molar-refractivity contribution in [2.75, 3.05) is 7.05 Å². The molecule has 0 fully saturated rings. The summed E-state index contributed by atoms with van der Waals surface area (Å²) >= 11 is 2.41. The summed E-state index contributed by atoms with van der Waals surface area (Å²) in [5, 5.41) is 3.44. The van der Waals surface area contributed by atoms with Gasteiger partial charge in [0.15, 0.2) is 0 Å². The maximum atomic E-state index is 3.44. The van der Waals surface area contributed by atoms with E-state index >= 15 is 0 Å². The topological polar surface area (TPSA) is 12.0 Å². The minimum atomic E-state index is 0.262. The SMILES string of the molecule is CNC(c1ccccc1I)c1cccc(C)c1C. The van der Waals surface area contributed by atoms with E-state index in [9.17, 15) is 0 Å². The van der Waals surface area contributed by atoms with Crippen LogP contribution in [0.3, 0.4) is 0 Å². The van der Waals surface area contributed by atoms with Gasteiger partial charge in [-0.2, -0.15) is 0 Å². The Balaban J connectivity index is 2.53. The standard InChI is InChI=1S/C16H18IN/c1-11-7-6-9-13(12(11)2)16(18-3)14-8-4-5-10-15(14)17/h4-10,16,18H,1-3H3. The van der Waals surface area contributed by atoms with E-state index in [1.807, 2.05) is 7.05 Å². The van der Waals surface area contributed by atoms with E-state index in [1.165, 1.54) is 25.8 Å². The molecule has 2 heteroatoms. The Morgan fingerprint density at radius 1 is 0.944 bits per heavy atom. The Kier molecular flexibility index (Phi) is 4.40. The summed E-state index contributed by atoms with van der Waals surface area (Å²) in [5.41, 5.74) is 5.42. The van der Waals surface area contributed by atoms with Gasteiger partial charge in [0, 0.05) is 3.57 Å². The van der Waals surface area contributed by atoms with Crippen molar-refractivity contribution < 1.29 is 0 Å². The molecule has 0 radical (unpaired) electrons. The normalized spacial score (nSPS) is 12.4. The van der Waals surface area contributed by atoms with Crippen LogP contribution in [0.5, 0.6) is 0 Å². The minimum Gasteiger partial charge on any atom is -0.309 e. The summed E-state index contributed by atoms with van der Waals surface area (Å²) in [6.45, 7) is 4.37. The average Bonchev–Trinajstić information content (AvgIpc) is 2.37. The van der Waals surface area contributed by atoms with Crippen LogP contribution in [0.4, 0.5) is 0 Å². The van der Waals surface area contributed by atoms with Crippen LogP contribution in [-0.4, -0.2) is 7.05 Å². The Labute approximate surface area is 123 Å². The predicted molar refractivity (Wildman–Crippen MR) is 86.0 cm³/mol. The second-order valence-corrected chi connectivity index (χ2v) is 5.69. The van der Waals surface area contributed by atoms with Crippen molar-refractivity contribution in [1.82, 2.24) is 5.32 Å². The third-order valence-electron chi connectivity index (χ3n) is 3.46. The molecule has 1 unspecified atom stereocenters. The third-order valence-corrected chi connectivity index (χ3v) is 4.44. The van der Waals surface area contributed by atoms with Crippen LogP contribution in [0, 0.1) is 17.4 Å². The lowest BCUT2D eigenvalue weighted by Crippen LogP contribution is -2.20. The molecule has 18 heavy (non-hydrogen) atoms. The van der Waals surface area contributed by atoms with Gasteiger partial charge in [0.2, 0.25) is 0 Å². The van der Waals surface area contributed by atoms with Crippen molar-refractivity contribution >= 4 is 22.6 Å². The number of benzene rings is 2. The minimum absolute atomic E-state index is 0.262. The van der Waals surface area contributed by atoms with E-state index in [1.54, 1.807) is 0 Å². The van der Waals surface area contributed by atoms with Gasteiger partial charge in [-0.25, -0.2) is 0 Å². The number of halogens is 1. The van der Waals surface area contributed by atoms with Crippen LogP contribution in [0.1, 0.15) is 28.3 Å². The fourth-order valence-electron chi connectivity index (χ4n) is 2.27. The molecule has 0 heterocycles. The van der Waals surface area contributed by atoms with E-state index in [0.717, 1.165) is 0 Å². The van der Waals surface area contributed by atoms with Crippen molar-refractivity contribution in [1.29, 1.82) is 0 Å². The van der Waals surface area contributed by atoms with Gasteiger partial charge >= 0.3 is 0 Å². The van der Waals surface area contributed by atoms with Crippen LogP contribution in [-0.2, 0) is 0 Å². The maximum Gasteiger partial charge on any atom is 0.0587 e. The molecule has 0 saturated heterocycles. The van der Waals surface area contributed by atoms with Crippen molar-refractivity contribution in [2.45, 2.75) is 19.9 Å². The second kappa shape index (κ2) is 5.85. The summed E-state index contributed by atoms with van der Waals surface area (Å²) in [4.78, 5) is 0. The second-order valence-electron chi connectivity index (χ2n) is 4.53. The van der Waals surface area contributed by atoms with E-state index < -0.39 is 0 Å². The Morgan fingerprint density at radius 3 is 2.28 bits per heavy atom. The summed E-state index contributed by atoms with van der Waals surface area (Å²) in [6, 6.07) is 15.3. The van der Waals surface area contributed by atoms with Crippen molar-refractivity contribution in [2.24, 2.45) is 0 Å². The fraction of sp³-hybridized carbons (Fsp3) is 0.250. The summed E-state index contributed by atoms with van der Waals surface area (Å²) in [7, 11) is 2.02. The Morgan fingerprint density at radius 2 is 1.61 bits per heavy atom. The molecule has 0 saturated carbocycles. The predicted octanol–water partition coefficient (Wildman–Crippen LogP) is 4.22. The number of aryl methyl sites for hydroxylation is 1. The van der Waals surface area contributed by atoms with Crippen LogP contribution in [0.25, 0.3) is 0 Å². The van der Waals surface area contributed by atoms with Crippen LogP contribution in [0.2, 0.25) is 0 Å². The van der Waals surface area contributed by atoms with Gasteiger partial charge in [-0.3, -0.25) is 0 Å². The highest BCUT2D eigenvalue weighted by Crippen LogP contribution is 2.29. The molecule has 1 N–H and O–H groups in total. The smallest absolute Gasteiger partial charge is 0.0587 e. The highest BCUT2D eigenvalue weighted by molar-refractivity contribution is 14.1. The molecule has 0 aliphatic heterocycles. The zero-order valence-corrected chi connectivity index (χ0v) is 13.2. The molecule has 0 amide bonds. The Hall–Kier alpha value is -0.870. The van der Waals surface area contributed by atoms with E-state index in [4.69, 9.17) is 0 Å². The van der Waals surface area contributed by atoms with Crippen LogP contribution < -0.4 is 5.32 Å². The molecule has 0 spiro atoms. The van der Waals surface area contributed by atoms with Crippen molar-refractivity contribution in [3.63, 3.8) is 0 Å². The Bertz CT molecular complexity index is 549. The monoisotopic (exact) mass is 351 g/mol. The van der Waals surface area contributed by atoms with Gasteiger partial charge in [0.05, 0.1) is 6.04 Å². The highest BCUT2D eigenvalue weighted by Gasteiger charge is 2.16. The summed E-state index contributed by atoms with van der Waals surface area (Å²) in [5.74, 6) is 0. The lowest BCUT2D eigenvalue weighted by Gasteiger charge is -2.21. The molecule has 2 rings (SSSR count). The quantitative estimate of drug-likeness (QED) is 0.817. The molecular weight excluding hydrogens is 333 g/mol. The van der Waals surface area contributed by atoms with Gasteiger partial charge in [-0.15, -0.1) is 0 Å². The molecule has 2 aromatic carbocycles. The van der Waals surface area contributed by atoms with Gasteiger partial charge in [0.25, 0.3) is 0 Å². The van der Waals surface area contributed by atoms with Crippen molar-refractivity contribution in [3.8, 4) is 0 Å².